The predicted octanol–water partition coefficient (Wildman–Crippen LogP) is 3.53. The summed E-state index contributed by atoms with van der Waals surface area (Å²) < 4.78 is 17.6. The number of allylic oxidation sites excluding steroid dienone is 3. The van der Waals surface area contributed by atoms with Gasteiger partial charge in [-0.25, -0.2) is 4.79 Å². The zero-order valence-corrected chi connectivity index (χ0v) is 17.0. The van der Waals surface area contributed by atoms with Gasteiger partial charge in [-0.2, -0.15) is 0 Å². The topological polar surface area (TPSA) is 65.0 Å². The highest BCUT2D eigenvalue weighted by molar-refractivity contribution is 6.83. The van der Waals surface area contributed by atoms with E-state index in [4.69, 9.17) is 19.3 Å². The lowest BCUT2D eigenvalue weighted by Crippen LogP contribution is -2.34. The number of ether oxygens (including phenoxy) is 3. The molecule has 5 nitrogen and oxygen atoms in total. The number of hydrogen-bond acceptors (Lipinski definition) is 4. The van der Waals surface area contributed by atoms with Crippen LogP contribution in [0.25, 0.3) is 0 Å². The quantitative estimate of drug-likeness (QED) is 0.435. The van der Waals surface area contributed by atoms with Crippen molar-refractivity contribution < 1.29 is 24.1 Å². The Bertz CT molecular complexity index is 588. The van der Waals surface area contributed by atoms with Crippen molar-refractivity contribution in [1.82, 2.24) is 0 Å². The van der Waals surface area contributed by atoms with Crippen LogP contribution >= 0.6 is 0 Å². The molecule has 1 aliphatic carbocycles. The molecule has 2 atom stereocenters. The Balaban J connectivity index is 1.96. The zero-order valence-electron chi connectivity index (χ0n) is 16.0. The third-order valence-electron chi connectivity index (χ3n) is 4.25. The molecule has 1 saturated carbocycles. The second-order valence-corrected chi connectivity index (χ2v) is 12.6. The molecule has 0 amide bonds. The maximum absolute atomic E-state index is 10.7. The van der Waals surface area contributed by atoms with Crippen LogP contribution in [-0.4, -0.2) is 50.4 Å². The minimum absolute atomic E-state index is 0.211. The molecule has 0 radical (unpaired) electrons. The Hall–Kier alpha value is -1.39. The van der Waals surface area contributed by atoms with Crippen LogP contribution in [0.2, 0.25) is 19.6 Å². The van der Waals surface area contributed by atoms with E-state index in [1.165, 1.54) is 6.42 Å². The molecule has 0 aromatic rings. The maximum atomic E-state index is 10.7. The van der Waals surface area contributed by atoms with E-state index >= 15 is 0 Å². The second-order valence-electron chi connectivity index (χ2n) is 7.88. The van der Waals surface area contributed by atoms with Gasteiger partial charge >= 0.3 is 5.97 Å². The third-order valence-corrected chi connectivity index (χ3v) is 5.14. The van der Waals surface area contributed by atoms with Crippen LogP contribution in [0.15, 0.2) is 24.3 Å². The zero-order chi connectivity index (χ0) is 19.0. The first kappa shape index (κ1) is 20.9. The summed E-state index contributed by atoms with van der Waals surface area (Å²) in [7, 11) is -1.35. The van der Waals surface area contributed by atoms with Crippen molar-refractivity contribution in [3.05, 3.63) is 24.3 Å². The molecule has 0 bridgehead atoms. The Morgan fingerprint density at radius 2 is 1.96 bits per heavy atom. The van der Waals surface area contributed by atoms with E-state index in [-0.39, 0.29) is 25.4 Å². The Morgan fingerprint density at radius 3 is 2.62 bits per heavy atom. The van der Waals surface area contributed by atoms with Crippen LogP contribution in [0.3, 0.4) is 0 Å². The fourth-order valence-electron chi connectivity index (χ4n) is 3.11. The molecule has 1 aliphatic heterocycles. The smallest absolute Gasteiger partial charge is 0.329 e. The van der Waals surface area contributed by atoms with Crippen molar-refractivity contribution in [1.29, 1.82) is 0 Å². The van der Waals surface area contributed by atoms with E-state index in [1.807, 2.05) is 24.3 Å². The first-order valence-electron chi connectivity index (χ1n) is 9.31. The van der Waals surface area contributed by atoms with E-state index in [0.717, 1.165) is 25.7 Å². The summed E-state index contributed by atoms with van der Waals surface area (Å²) in [4.78, 5) is 10.7. The largest absolute Gasteiger partial charge is 0.480 e. The van der Waals surface area contributed by atoms with Gasteiger partial charge in [-0.05, 0) is 18.9 Å². The minimum Gasteiger partial charge on any atom is -0.480 e. The molecular weight excluding hydrogens is 348 g/mol. The number of hydrogen-bond donors (Lipinski definition) is 1. The highest BCUT2D eigenvalue weighted by atomic mass is 28.3. The van der Waals surface area contributed by atoms with E-state index in [0.29, 0.717) is 0 Å². The number of rotatable bonds is 6. The molecule has 2 rings (SSSR count). The normalized spacial score (nSPS) is 25.7. The van der Waals surface area contributed by atoms with Gasteiger partial charge in [-0.1, -0.05) is 50.2 Å². The van der Waals surface area contributed by atoms with Crippen LogP contribution in [0.1, 0.15) is 32.1 Å². The summed E-state index contributed by atoms with van der Waals surface area (Å²) in [6, 6.07) is 0. The van der Waals surface area contributed by atoms with Crippen molar-refractivity contribution >= 4 is 14.0 Å². The molecule has 1 unspecified atom stereocenters. The second kappa shape index (κ2) is 9.52. The molecule has 2 fully saturated rings. The van der Waals surface area contributed by atoms with Gasteiger partial charge in [0.2, 0.25) is 0 Å². The number of carboxylic acid groups (broad SMARTS) is 1. The molecule has 0 aromatic carbocycles. The summed E-state index contributed by atoms with van der Waals surface area (Å²) >= 11 is 0. The Kier molecular flexibility index (Phi) is 7.65. The Labute approximate surface area is 157 Å². The number of aliphatic carboxylic acids is 1. The average Bonchev–Trinajstić information content (AvgIpc) is 2.87. The van der Waals surface area contributed by atoms with Gasteiger partial charge in [0.05, 0.1) is 6.61 Å². The molecule has 144 valence electrons. The lowest BCUT2D eigenvalue weighted by Gasteiger charge is -2.31. The number of carboxylic acids is 1. The molecular formula is C20H30O5Si. The molecule has 6 heteroatoms. The van der Waals surface area contributed by atoms with Gasteiger partial charge in [-0.3, -0.25) is 0 Å². The van der Waals surface area contributed by atoms with Crippen molar-refractivity contribution in [3.8, 4) is 11.5 Å². The van der Waals surface area contributed by atoms with Gasteiger partial charge in [0.1, 0.15) is 26.9 Å². The maximum Gasteiger partial charge on any atom is 0.329 e. The molecule has 2 aliphatic rings. The van der Waals surface area contributed by atoms with E-state index in [1.54, 1.807) is 0 Å². The van der Waals surface area contributed by atoms with Crippen LogP contribution in [0.4, 0.5) is 0 Å². The van der Waals surface area contributed by atoms with E-state index in [2.05, 4.69) is 31.1 Å². The van der Waals surface area contributed by atoms with Crippen molar-refractivity contribution in [2.24, 2.45) is 0 Å². The average molecular weight is 379 g/mol. The lowest BCUT2D eigenvalue weighted by molar-refractivity contribution is -0.195. The molecule has 1 saturated heterocycles. The van der Waals surface area contributed by atoms with Crippen LogP contribution in [0, 0.1) is 11.5 Å². The van der Waals surface area contributed by atoms with Crippen molar-refractivity contribution in [2.45, 2.75) is 69.7 Å². The molecule has 1 N–H and O–H groups in total. The molecule has 1 spiro atoms. The fraction of sp³-hybridized carbons (Fsp3) is 0.650. The fourth-order valence-corrected chi connectivity index (χ4v) is 3.63. The SMILES string of the molecule is C[Si](C)(C)C#CC=CC=C[C@H]1OC2(CCCCC2)OC1COCC(=O)O. The van der Waals surface area contributed by atoms with Gasteiger partial charge in [0.25, 0.3) is 0 Å². The third kappa shape index (κ3) is 7.08. The summed E-state index contributed by atoms with van der Waals surface area (Å²) in [6.07, 6.45) is 12.2. The predicted molar refractivity (Wildman–Crippen MR) is 103 cm³/mol. The van der Waals surface area contributed by atoms with Crippen molar-refractivity contribution in [2.75, 3.05) is 13.2 Å². The lowest BCUT2D eigenvalue weighted by atomic mass is 9.94. The summed E-state index contributed by atoms with van der Waals surface area (Å²) in [5.41, 5.74) is 3.28. The Morgan fingerprint density at radius 1 is 1.23 bits per heavy atom. The van der Waals surface area contributed by atoms with Gasteiger partial charge in [-0.15, -0.1) is 5.54 Å². The minimum atomic E-state index is -1.35. The molecule has 0 aromatic heterocycles. The summed E-state index contributed by atoms with van der Waals surface area (Å²) in [5, 5.41) is 8.75. The van der Waals surface area contributed by atoms with E-state index in [9.17, 15) is 4.79 Å². The monoisotopic (exact) mass is 378 g/mol. The number of carbonyl (C=O) groups is 1. The highest BCUT2D eigenvalue weighted by Crippen LogP contribution is 2.40. The van der Waals surface area contributed by atoms with E-state index < -0.39 is 19.8 Å². The standard InChI is InChI=1S/C20H30O5Si/c1-26(2,3)14-10-5-4-7-11-17-18(15-23-16-19(21)22)25-20(24-17)12-8-6-9-13-20/h4-5,7,11,17-18H,6,8-9,12-13,15-16H2,1-3H3,(H,21,22)/t17-,18?/m1/s1. The van der Waals surface area contributed by atoms with Crippen LogP contribution < -0.4 is 0 Å². The van der Waals surface area contributed by atoms with Gasteiger partial charge < -0.3 is 19.3 Å². The first-order valence-corrected chi connectivity index (χ1v) is 12.8. The molecule has 26 heavy (non-hydrogen) atoms. The van der Waals surface area contributed by atoms with Gasteiger partial charge in [0, 0.05) is 12.8 Å². The van der Waals surface area contributed by atoms with Gasteiger partial charge in [0.15, 0.2) is 5.79 Å². The highest BCUT2D eigenvalue weighted by Gasteiger charge is 2.47. The van der Waals surface area contributed by atoms with Crippen LogP contribution in [-0.2, 0) is 19.0 Å². The molecule has 1 heterocycles. The van der Waals surface area contributed by atoms with Crippen LogP contribution in [0.5, 0.6) is 0 Å². The summed E-state index contributed by atoms with van der Waals surface area (Å²) in [6.45, 7) is 6.51. The first-order chi connectivity index (χ1) is 12.3. The summed E-state index contributed by atoms with van der Waals surface area (Å²) in [5.74, 6) is 1.57. The van der Waals surface area contributed by atoms with Crippen molar-refractivity contribution in [3.63, 3.8) is 0 Å².